The lowest BCUT2D eigenvalue weighted by molar-refractivity contribution is 0.0951. The number of hydrogen-bond donors (Lipinski definition) is 1. The van der Waals surface area contributed by atoms with Gasteiger partial charge in [-0.05, 0) is 12.1 Å². The fraction of sp³-hybridized carbons (Fsp3) is 0.182. The van der Waals surface area contributed by atoms with Crippen LogP contribution in [-0.4, -0.2) is 22.2 Å². The summed E-state index contributed by atoms with van der Waals surface area (Å²) >= 11 is 0. The number of carbonyl (C=O) groups is 1. The first-order valence-corrected chi connectivity index (χ1v) is 8.99. The molecule has 142 valence electrons. The van der Waals surface area contributed by atoms with Crippen molar-refractivity contribution < 1.29 is 9.53 Å². The number of ether oxygens (including phenoxy) is 1. The number of para-hydroxylation sites is 2. The van der Waals surface area contributed by atoms with Gasteiger partial charge in [0, 0.05) is 48.7 Å². The van der Waals surface area contributed by atoms with Crippen LogP contribution in [0.15, 0.2) is 59.5 Å². The Kier molecular flexibility index (Phi) is 4.39. The summed E-state index contributed by atoms with van der Waals surface area (Å²) in [5.41, 5.74) is 2.67. The molecule has 6 nitrogen and oxygen atoms in total. The SMILES string of the molecule is COc1ccccc1CNC(=O)c1cn(C)c(=O)c2c1c1ccccc1n2C. The van der Waals surface area contributed by atoms with Crippen LogP contribution in [0.4, 0.5) is 0 Å². The summed E-state index contributed by atoms with van der Waals surface area (Å²) in [7, 11) is 5.12. The van der Waals surface area contributed by atoms with Gasteiger partial charge >= 0.3 is 0 Å². The Morgan fingerprint density at radius 3 is 2.57 bits per heavy atom. The number of benzene rings is 2. The third-order valence-corrected chi connectivity index (χ3v) is 5.10. The smallest absolute Gasteiger partial charge is 0.274 e. The predicted octanol–water partition coefficient (Wildman–Crippen LogP) is 2.97. The first-order chi connectivity index (χ1) is 13.5. The quantitative estimate of drug-likeness (QED) is 0.596. The number of carbonyl (C=O) groups excluding carboxylic acids is 1. The first-order valence-electron chi connectivity index (χ1n) is 8.99. The van der Waals surface area contributed by atoms with E-state index in [1.165, 1.54) is 4.57 Å². The standard InChI is InChI=1S/C22H21N3O3/c1-24-13-16(21(26)23-12-14-8-4-7-11-18(14)28-3)19-15-9-5-6-10-17(15)25(2)20(19)22(24)27/h4-11,13H,12H2,1-3H3,(H,23,26). The van der Waals surface area contributed by atoms with Crippen molar-refractivity contribution in [2.75, 3.05) is 7.11 Å². The largest absolute Gasteiger partial charge is 0.496 e. The highest BCUT2D eigenvalue weighted by Crippen LogP contribution is 2.28. The maximum atomic E-state index is 13.1. The van der Waals surface area contributed by atoms with E-state index in [0.29, 0.717) is 23.0 Å². The van der Waals surface area contributed by atoms with Gasteiger partial charge in [0.05, 0.1) is 12.7 Å². The highest BCUT2D eigenvalue weighted by atomic mass is 16.5. The summed E-state index contributed by atoms with van der Waals surface area (Å²) in [6.45, 7) is 0.331. The summed E-state index contributed by atoms with van der Waals surface area (Å²) in [5.74, 6) is 0.487. The lowest BCUT2D eigenvalue weighted by Crippen LogP contribution is -2.27. The third-order valence-electron chi connectivity index (χ3n) is 5.10. The zero-order chi connectivity index (χ0) is 19.8. The molecule has 1 N–H and O–H groups in total. The van der Waals surface area contributed by atoms with Crippen molar-refractivity contribution in [3.05, 3.63) is 76.2 Å². The second-order valence-electron chi connectivity index (χ2n) is 6.75. The second-order valence-corrected chi connectivity index (χ2v) is 6.75. The maximum absolute atomic E-state index is 13.1. The Labute approximate surface area is 162 Å². The van der Waals surface area contributed by atoms with Crippen LogP contribution in [0.5, 0.6) is 5.75 Å². The van der Waals surface area contributed by atoms with Crippen molar-refractivity contribution >= 4 is 27.7 Å². The molecule has 0 unspecified atom stereocenters. The van der Waals surface area contributed by atoms with Gasteiger partial charge in [0.15, 0.2) is 0 Å². The Morgan fingerprint density at radius 2 is 1.79 bits per heavy atom. The molecule has 0 saturated heterocycles. The highest BCUT2D eigenvalue weighted by molar-refractivity contribution is 6.17. The minimum atomic E-state index is -0.233. The van der Waals surface area contributed by atoms with Crippen LogP contribution in [0.1, 0.15) is 15.9 Å². The molecule has 0 radical (unpaired) electrons. The molecule has 4 rings (SSSR count). The third kappa shape index (κ3) is 2.74. The molecule has 0 atom stereocenters. The number of nitrogens with zero attached hydrogens (tertiary/aromatic N) is 2. The molecule has 4 aromatic rings. The van der Waals surface area contributed by atoms with Crippen LogP contribution in [0.3, 0.4) is 0 Å². The van der Waals surface area contributed by atoms with Crippen LogP contribution in [-0.2, 0) is 20.6 Å². The van der Waals surface area contributed by atoms with Crippen molar-refractivity contribution in [2.45, 2.75) is 6.54 Å². The predicted molar refractivity (Wildman–Crippen MR) is 110 cm³/mol. The summed E-state index contributed by atoms with van der Waals surface area (Å²) in [6, 6.07) is 15.3. The molecule has 0 fully saturated rings. The minimum Gasteiger partial charge on any atom is -0.496 e. The number of pyridine rings is 1. The van der Waals surface area contributed by atoms with E-state index in [1.54, 1.807) is 20.4 Å². The molecule has 0 spiro atoms. The second kappa shape index (κ2) is 6.88. The molecular weight excluding hydrogens is 354 g/mol. The number of amides is 1. The maximum Gasteiger partial charge on any atom is 0.274 e. The topological polar surface area (TPSA) is 65.3 Å². The highest BCUT2D eigenvalue weighted by Gasteiger charge is 2.20. The molecule has 1 amide bonds. The molecule has 0 aliphatic carbocycles. The van der Waals surface area contributed by atoms with E-state index in [0.717, 1.165) is 22.2 Å². The number of aryl methyl sites for hydroxylation is 2. The Bertz CT molecular complexity index is 1270. The summed E-state index contributed by atoms with van der Waals surface area (Å²) in [4.78, 5) is 25.8. The fourth-order valence-corrected chi connectivity index (χ4v) is 3.69. The van der Waals surface area contributed by atoms with Gasteiger partial charge in [-0.25, -0.2) is 0 Å². The van der Waals surface area contributed by atoms with E-state index in [2.05, 4.69) is 5.32 Å². The van der Waals surface area contributed by atoms with Crippen LogP contribution in [0.25, 0.3) is 21.8 Å². The number of fused-ring (bicyclic) bond motifs is 3. The van der Waals surface area contributed by atoms with E-state index in [4.69, 9.17) is 4.74 Å². The van der Waals surface area contributed by atoms with E-state index >= 15 is 0 Å². The van der Waals surface area contributed by atoms with E-state index < -0.39 is 0 Å². The van der Waals surface area contributed by atoms with Crippen molar-refractivity contribution in [3.8, 4) is 5.75 Å². The molecular formula is C22H21N3O3. The molecule has 28 heavy (non-hydrogen) atoms. The fourth-order valence-electron chi connectivity index (χ4n) is 3.69. The lowest BCUT2D eigenvalue weighted by atomic mass is 10.1. The molecule has 0 aliphatic rings. The van der Waals surface area contributed by atoms with E-state index in [1.807, 2.05) is 60.1 Å². The van der Waals surface area contributed by atoms with E-state index in [-0.39, 0.29) is 11.5 Å². The van der Waals surface area contributed by atoms with Crippen molar-refractivity contribution in [1.82, 2.24) is 14.5 Å². The van der Waals surface area contributed by atoms with Crippen LogP contribution >= 0.6 is 0 Å². The lowest BCUT2D eigenvalue weighted by Gasteiger charge is -2.11. The van der Waals surface area contributed by atoms with Gasteiger partial charge < -0.3 is 19.2 Å². The zero-order valence-electron chi connectivity index (χ0n) is 16.0. The Morgan fingerprint density at radius 1 is 1.07 bits per heavy atom. The number of aromatic nitrogens is 2. The Hall–Kier alpha value is -3.54. The summed E-state index contributed by atoms with van der Waals surface area (Å²) in [5, 5.41) is 4.53. The number of methoxy groups -OCH3 is 1. The van der Waals surface area contributed by atoms with Crippen molar-refractivity contribution in [1.29, 1.82) is 0 Å². The van der Waals surface area contributed by atoms with Gasteiger partial charge in [-0.1, -0.05) is 36.4 Å². The first kappa shape index (κ1) is 17.9. The van der Waals surface area contributed by atoms with Crippen LogP contribution in [0.2, 0.25) is 0 Å². The monoisotopic (exact) mass is 375 g/mol. The van der Waals surface area contributed by atoms with Gasteiger partial charge in [-0.15, -0.1) is 0 Å². The summed E-state index contributed by atoms with van der Waals surface area (Å²) in [6.07, 6.45) is 1.61. The molecule has 2 aromatic heterocycles. The minimum absolute atomic E-state index is 0.130. The van der Waals surface area contributed by atoms with Gasteiger partial charge in [0.25, 0.3) is 11.5 Å². The van der Waals surface area contributed by atoms with Gasteiger partial charge in [-0.2, -0.15) is 0 Å². The summed E-state index contributed by atoms with van der Waals surface area (Å²) < 4.78 is 8.66. The van der Waals surface area contributed by atoms with Crippen LogP contribution < -0.4 is 15.6 Å². The number of nitrogens with one attached hydrogen (secondary N) is 1. The molecule has 2 heterocycles. The van der Waals surface area contributed by atoms with Gasteiger partial charge in [0.1, 0.15) is 11.3 Å². The average Bonchev–Trinajstić information content (AvgIpc) is 3.02. The molecule has 0 aliphatic heterocycles. The average molecular weight is 375 g/mol. The molecule has 0 bridgehead atoms. The van der Waals surface area contributed by atoms with Gasteiger partial charge in [0.2, 0.25) is 0 Å². The number of rotatable bonds is 4. The van der Waals surface area contributed by atoms with Crippen molar-refractivity contribution in [2.24, 2.45) is 14.1 Å². The molecule has 2 aromatic carbocycles. The Balaban J connectivity index is 1.82. The van der Waals surface area contributed by atoms with Gasteiger partial charge in [-0.3, -0.25) is 9.59 Å². The van der Waals surface area contributed by atoms with E-state index in [9.17, 15) is 9.59 Å². The van der Waals surface area contributed by atoms with Crippen molar-refractivity contribution in [3.63, 3.8) is 0 Å². The zero-order valence-corrected chi connectivity index (χ0v) is 16.0. The normalized spacial score (nSPS) is 11.1. The molecule has 0 saturated carbocycles. The molecule has 6 heteroatoms. The van der Waals surface area contributed by atoms with Crippen LogP contribution in [0, 0.1) is 0 Å². The number of hydrogen-bond acceptors (Lipinski definition) is 3.